The van der Waals surface area contributed by atoms with Crippen molar-refractivity contribution in [2.45, 2.75) is 92.3 Å². The minimum Gasteiger partial charge on any atom is -0.505 e. The summed E-state index contributed by atoms with van der Waals surface area (Å²) in [6.07, 6.45) is 0.468. The second kappa shape index (κ2) is 14.6. The Morgan fingerprint density at radius 3 is 2.21 bits per heavy atom. The number of aliphatic hydroxyl groups excluding tert-OH is 3. The number of anilines is 1. The Bertz CT molecular complexity index is 1910. The van der Waals surface area contributed by atoms with Crippen molar-refractivity contribution in [3.05, 3.63) is 69.2 Å². The van der Waals surface area contributed by atoms with Gasteiger partial charge in [0.1, 0.15) is 34.9 Å². The lowest BCUT2D eigenvalue weighted by atomic mass is 9.73. The van der Waals surface area contributed by atoms with Crippen LogP contribution in [0, 0.1) is 30.6 Å². The number of hydrogen-bond donors (Lipinski definition) is 6. The zero-order valence-corrected chi connectivity index (χ0v) is 31.1. The van der Waals surface area contributed by atoms with Crippen molar-refractivity contribution in [3.8, 4) is 11.5 Å². The molecular weight excluding hydrogens is 690 g/mol. The van der Waals surface area contributed by atoms with E-state index in [1.807, 2.05) is 0 Å². The number of allylic oxidation sites excluding steroid dienone is 5. The van der Waals surface area contributed by atoms with Crippen LogP contribution in [0.4, 0.5) is 5.69 Å². The van der Waals surface area contributed by atoms with Gasteiger partial charge in [0.2, 0.25) is 6.79 Å². The number of aromatic hydroxyl groups is 1. The second-order valence-corrected chi connectivity index (χ2v) is 14.6. The van der Waals surface area contributed by atoms with E-state index in [0.717, 1.165) is 6.92 Å². The van der Waals surface area contributed by atoms with Gasteiger partial charge in [-0.2, -0.15) is 0 Å². The first-order valence-corrected chi connectivity index (χ1v) is 17.4. The van der Waals surface area contributed by atoms with Gasteiger partial charge in [0.25, 0.3) is 5.91 Å². The van der Waals surface area contributed by atoms with Gasteiger partial charge >= 0.3 is 11.9 Å². The number of aliphatic hydroxyl groups is 4. The minimum atomic E-state index is -2.10. The summed E-state index contributed by atoms with van der Waals surface area (Å²) in [5.74, 6) is -7.39. The van der Waals surface area contributed by atoms with E-state index in [0.29, 0.717) is 0 Å². The number of amides is 1. The Hall–Kier alpha value is -4.76. The molecule has 6 bridgehead atoms. The highest BCUT2D eigenvalue weighted by molar-refractivity contribution is 6.21. The minimum absolute atomic E-state index is 0.0354. The number of Topliss-reactive ketones (excluding diaryl/α,β-unsaturated/α-hetero) is 1. The maximum atomic E-state index is 13.9. The fourth-order valence-electron chi connectivity index (χ4n) is 7.55. The number of phenolic OH excluding ortho intramolecular Hbond substituents is 1. The van der Waals surface area contributed by atoms with Crippen LogP contribution in [0.15, 0.2) is 52.5 Å². The van der Waals surface area contributed by atoms with Crippen molar-refractivity contribution in [2.24, 2.45) is 23.7 Å². The molecule has 9 unspecified atom stereocenters. The number of rotatable bonds is 1. The largest absolute Gasteiger partial charge is 0.505 e. The van der Waals surface area contributed by atoms with Gasteiger partial charge in [0.15, 0.2) is 11.5 Å². The number of benzene rings is 1. The quantitative estimate of drug-likeness (QED) is 0.138. The Labute approximate surface area is 307 Å². The summed E-state index contributed by atoms with van der Waals surface area (Å²) in [5, 5.41) is 60.2. The molecule has 0 aromatic heterocycles. The SMILES string of the molecule is CC(=O)Oc1c(C)c2c(O)c3c1C1=C(OCOC1=C(C)C3=O)C(C)=CC(C)(O)C(O)C(C)C(O)C1C(=O)OC(C(C)/C=C\C=C(C)C(=O)N2)C(C)C1O. The number of esters is 2. The molecular formula is C39H47NO13. The molecule has 7 aliphatic rings. The van der Waals surface area contributed by atoms with E-state index in [1.54, 1.807) is 32.9 Å². The van der Waals surface area contributed by atoms with Gasteiger partial charge in [-0.15, -0.1) is 0 Å². The summed E-state index contributed by atoms with van der Waals surface area (Å²) < 4.78 is 23.1. The number of carbonyl (C=O) groups excluding carboxylic acids is 4. The third-order valence-electron chi connectivity index (χ3n) is 10.6. The average molecular weight is 738 g/mol. The van der Waals surface area contributed by atoms with Crippen molar-refractivity contribution in [3.63, 3.8) is 0 Å². The summed E-state index contributed by atoms with van der Waals surface area (Å²) in [6.45, 7) is 12.9. The van der Waals surface area contributed by atoms with Crippen molar-refractivity contribution >= 4 is 34.9 Å². The van der Waals surface area contributed by atoms with Crippen molar-refractivity contribution < 1.29 is 63.7 Å². The van der Waals surface area contributed by atoms with Crippen LogP contribution in [0.3, 0.4) is 0 Å². The van der Waals surface area contributed by atoms with Crippen LogP contribution < -0.4 is 10.1 Å². The molecule has 9 atom stereocenters. The van der Waals surface area contributed by atoms with Gasteiger partial charge in [-0.05, 0) is 46.3 Å². The average Bonchev–Trinajstić information content (AvgIpc) is 3.09. The molecule has 8 rings (SSSR count). The first kappa shape index (κ1) is 39.4. The normalized spacial score (nSPS) is 33.0. The second-order valence-electron chi connectivity index (χ2n) is 14.6. The molecule has 1 aromatic rings. The molecule has 6 aliphatic heterocycles. The first-order chi connectivity index (χ1) is 24.7. The summed E-state index contributed by atoms with van der Waals surface area (Å²) in [5.41, 5.74) is -2.02. The topological polar surface area (TPSA) is 218 Å². The van der Waals surface area contributed by atoms with E-state index in [-0.39, 0.29) is 68.7 Å². The fourth-order valence-corrected chi connectivity index (χ4v) is 7.55. The third-order valence-corrected chi connectivity index (χ3v) is 10.6. The third kappa shape index (κ3) is 6.92. The Kier molecular flexibility index (Phi) is 10.8. The van der Waals surface area contributed by atoms with Gasteiger partial charge < -0.3 is 49.8 Å². The number of ketones is 1. The molecule has 0 spiro atoms. The van der Waals surface area contributed by atoms with Crippen LogP contribution in [0.2, 0.25) is 0 Å². The van der Waals surface area contributed by atoms with Gasteiger partial charge in [0, 0.05) is 47.0 Å². The molecule has 1 aliphatic carbocycles. The van der Waals surface area contributed by atoms with E-state index >= 15 is 0 Å². The maximum Gasteiger partial charge on any atom is 0.314 e. The predicted molar refractivity (Wildman–Crippen MR) is 190 cm³/mol. The fraction of sp³-hybridized carbons (Fsp3) is 0.487. The van der Waals surface area contributed by atoms with Crippen LogP contribution in [0.1, 0.15) is 76.9 Å². The molecule has 14 heteroatoms. The zero-order valence-electron chi connectivity index (χ0n) is 31.1. The zero-order chi connectivity index (χ0) is 39.4. The highest BCUT2D eigenvalue weighted by Gasteiger charge is 2.51. The van der Waals surface area contributed by atoms with E-state index in [4.69, 9.17) is 18.9 Å². The van der Waals surface area contributed by atoms with Crippen molar-refractivity contribution in [1.29, 1.82) is 0 Å². The molecule has 1 saturated heterocycles. The van der Waals surface area contributed by atoms with E-state index in [1.165, 1.54) is 46.8 Å². The number of phenols is 1. The van der Waals surface area contributed by atoms with Crippen LogP contribution in [-0.4, -0.2) is 86.0 Å². The smallest absolute Gasteiger partial charge is 0.314 e. The van der Waals surface area contributed by atoms with Crippen molar-refractivity contribution in [1.82, 2.24) is 0 Å². The Balaban J connectivity index is 1.79. The standard InChI is InChI=1S/C39H47NO13/c1-15-11-10-12-16(2)37(47)40-27-18(4)35(52-22(8)41)23-24(31(27)45)28(42)20(6)34-25(23)33(50-14-51-34)17(3)13-39(9,49)36(46)21(7)30(44)26-29(43)19(5)32(15)53-38(26)48/h10-13,15,19,21,26,29-30,32,36,43-46,49H,14H2,1-9H3,(H,40,47)/b11-10-,16-12?,17-13?. The summed E-state index contributed by atoms with van der Waals surface area (Å²) in [7, 11) is 0. The monoisotopic (exact) mass is 737 g/mol. The highest BCUT2D eigenvalue weighted by Crippen LogP contribution is 2.53. The maximum absolute atomic E-state index is 13.9. The van der Waals surface area contributed by atoms with E-state index < -0.39 is 83.1 Å². The number of carbonyl (C=O) groups is 4. The molecule has 6 heterocycles. The molecule has 0 saturated carbocycles. The van der Waals surface area contributed by atoms with Crippen LogP contribution in [0.25, 0.3) is 5.57 Å². The molecule has 1 aromatic carbocycles. The van der Waals surface area contributed by atoms with Crippen LogP contribution >= 0.6 is 0 Å². The summed E-state index contributed by atoms with van der Waals surface area (Å²) in [4.78, 5) is 53.2. The number of hydrogen-bond acceptors (Lipinski definition) is 13. The van der Waals surface area contributed by atoms with Gasteiger partial charge in [0.05, 0.1) is 35.1 Å². The van der Waals surface area contributed by atoms with Crippen LogP contribution in [0.5, 0.6) is 11.5 Å². The summed E-state index contributed by atoms with van der Waals surface area (Å²) >= 11 is 0. The first-order valence-electron chi connectivity index (χ1n) is 17.4. The van der Waals surface area contributed by atoms with Crippen LogP contribution in [-0.2, 0) is 28.6 Å². The molecule has 1 amide bonds. The molecule has 6 N–H and O–H groups in total. The lowest BCUT2D eigenvalue weighted by Crippen LogP contribution is -2.57. The number of nitrogens with one attached hydrogen (secondary N) is 1. The molecule has 0 radical (unpaired) electrons. The van der Waals surface area contributed by atoms with E-state index in [2.05, 4.69) is 5.32 Å². The number of ether oxygens (including phenoxy) is 4. The van der Waals surface area contributed by atoms with Gasteiger partial charge in [-0.3, -0.25) is 19.2 Å². The Morgan fingerprint density at radius 2 is 1.57 bits per heavy atom. The lowest BCUT2D eigenvalue weighted by Gasteiger charge is -2.43. The van der Waals surface area contributed by atoms with Crippen molar-refractivity contribution in [2.75, 3.05) is 12.1 Å². The molecule has 1 fully saturated rings. The van der Waals surface area contributed by atoms with Gasteiger partial charge in [-0.1, -0.05) is 39.0 Å². The van der Waals surface area contributed by atoms with Gasteiger partial charge in [-0.25, -0.2) is 0 Å². The molecule has 53 heavy (non-hydrogen) atoms. The highest BCUT2D eigenvalue weighted by atomic mass is 16.7. The summed E-state index contributed by atoms with van der Waals surface area (Å²) in [6, 6.07) is 0. The molecule has 286 valence electrons. The Morgan fingerprint density at radius 1 is 0.943 bits per heavy atom. The lowest BCUT2D eigenvalue weighted by molar-refractivity contribution is -0.198. The van der Waals surface area contributed by atoms with E-state index in [9.17, 15) is 44.7 Å². The predicted octanol–water partition coefficient (Wildman–Crippen LogP) is 3.50. The molecule has 14 nitrogen and oxygen atoms in total.